The van der Waals surface area contributed by atoms with Gasteiger partial charge in [-0.3, -0.25) is 0 Å². The number of rotatable bonds is 2. The zero-order valence-corrected chi connectivity index (χ0v) is 6.98. The third kappa shape index (κ3) is 2.75. The molecule has 0 heterocycles. The van der Waals surface area contributed by atoms with Crippen molar-refractivity contribution in [3.05, 3.63) is 0 Å². The molecule has 2 N–H and O–H groups in total. The van der Waals surface area contributed by atoms with Crippen LogP contribution in [-0.2, 0) is 0 Å². The van der Waals surface area contributed by atoms with Gasteiger partial charge in [0.1, 0.15) is 0 Å². The summed E-state index contributed by atoms with van der Waals surface area (Å²) in [7, 11) is 0. The Balaban J connectivity index is 0. The fraction of sp³-hybridized carbons (Fsp3) is 1.00. The van der Waals surface area contributed by atoms with Crippen molar-refractivity contribution in [2.45, 2.75) is 31.5 Å². The van der Waals surface area contributed by atoms with Crippen molar-refractivity contribution in [1.29, 1.82) is 0 Å². The number of hydrogen-bond donors (Lipinski definition) is 1. The van der Waals surface area contributed by atoms with E-state index in [1.807, 2.05) is 0 Å². The van der Waals surface area contributed by atoms with Crippen molar-refractivity contribution in [2.75, 3.05) is 0 Å². The number of nitrogens with two attached hydrogens (primary N) is 1. The predicted molar refractivity (Wildman–Crippen MR) is 36.5 cm³/mol. The average Bonchev–Trinajstić information content (AvgIpc) is 1.83. The summed E-state index contributed by atoms with van der Waals surface area (Å²) in [5.74, 6) is -4.78. The standard InChI is InChI=1S/C5H8F5N.ClH/c1-2-3(11)4(6,7)5(8,9)10;/h3H,2,11H2,1H3;1H/t3-;/m0./s1. The first-order valence-corrected chi connectivity index (χ1v) is 2.93. The van der Waals surface area contributed by atoms with Crippen molar-refractivity contribution in [2.24, 2.45) is 5.73 Å². The van der Waals surface area contributed by atoms with Crippen molar-refractivity contribution in [3.8, 4) is 0 Å². The molecular formula is C5H9ClF5N. The van der Waals surface area contributed by atoms with Gasteiger partial charge in [-0.15, -0.1) is 12.4 Å². The van der Waals surface area contributed by atoms with Crippen LogP contribution in [0, 0.1) is 0 Å². The van der Waals surface area contributed by atoms with Crippen LogP contribution in [0.3, 0.4) is 0 Å². The Bertz CT molecular complexity index is 134. The van der Waals surface area contributed by atoms with E-state index >= 15 is 0 Å². The van der Waals surface area contributed by atoms with Crippen LogP contribution in [0.2, 0.25) is 0 Å². The molecule has 0 aromatic rings. The molecule has 0 radical (unpaired) electrons. The lowest BCUT2D eigenvalue weighted by molar-refractivity contribution is -0.289. The molecular weight excluding hydrogens is 205 g/mol. The second-order valence-electron chi connectivity index (χ2n) is 2.14. The second kappa shape index (κ2) is 4.23. The van der Waals surface area contributed by atoms with Crippen LogP contribution in [0.25, 0.3) is 0 Å². The highest BCUT2D eigenvalue weighted by Crippen LogP contribution is 2.37. The van der Waals surface area contributed by atoms with Gasteiger partial charge in [-0.25, -0.2) is 0 Å². The van der Waals surface area contributed by atoms with Crippen LogP contribution in [0.1, 0.15) is 13.3 Å². The monoisotopic (exact) mass is 213 g/mol. The molecule has 12 heavy (non-hydrogen) atoms. The van der Waals surface area contributed by atoms with Gasteiger partial charge in [0.25, 0.3) is 0 Å². The Hall–Kier alpha value is -0.100. The van der Waals surface area contributed by atoms with E-state index in [1.54, 1.807) is 0 Å². The molecule has 0 saturated heterocycles. The average molecular weight is 214 g/mol. The largest absolute Gasteiger partial charge is 0.454 e. The van der Waals surface area contributed by atoms with E-state index in [2.05, 4.69) is 5.73 Å². The predicted octanol–water partition coefficient (Wildman–Crippen LogP) is 2.34. The van der Waals surface area contributed by atoms with E-state index in [0.29, 0.717) is 0 Å². The number of hydrogen-bond acceptors (Lipinski definition) is 1. The molecule has 7 heteroatoms. The van der Waals surface area contributed by atoms with Gasteiger partial charge in [0, 0.05) is 0 Å². The zero-order valence-electron chi connectivity index (χ0n) is 6.16. The smallest absolute Gasteiger partial charge is 0.322 e. The van der Waals surface area contributed by atoms with Crippen LogP contribution in [0.15, 0.2) is 0 Å². The van der Waals surface area contributed by atoms with Gasteiger partial charge in [-0.05, 0) is 6.42 Å². The number of alkyl halides is 5. The third-order valence-corrected chi connectivity index (χ3v) is 1.28. The van der Waals surface area contributed by atoms with E-state index in [9.17, 15) is 22.0 Å². The minimum atomic E-state index is -5.54. The van der Waals surface area contributed by atoms with Gasteiger partial charge in [0.2, 0.25) is 0 Å². The molecule has 0 fully saturated rings. The summed E-state index contributed by atoms with van der Waals surface area (Å²) in [5.41, 5.74) is 4.57. The first kappa shape index (κ1) is 14.4. The van der Waals surface area contributed by atoms with E-state index in [-0.39, 0.29) is 12.4 Å². The fourth-order valence-electron chi connectivity index (χ4n) is 0.467. The van der Waals surface area contributed by atoms with Crippen molar-refractivity contribution >= 4 is 12.4 Å². The molecule has 0 aromatic heterocycles. The molecule has 0 spiro atoms. The molecule has 0 unspecified atom stereocenters. The van der Waals surface area contributed by atoms with Gasteiger partial charge in [-0.2, -0.15) is 22.0 Å². The lowest BCUT2D eigenvalue weighted by Crippen LogP contribution is -2.51. The molecule has 0 aromatic carbocycles. The second-order valence-corrected chi connectivity index (χ2v) is 2.14. The lowest BCUT2D eigenvalue weighted by Gasteiger charge is -2.24. The minimum absolute atomic E-state index is 0. The minimum Gasteiger partial charge on any atom is -0.322 e. The SMILES string of the molecule is CC[C@H](N)C(F)(F)C(F)(F)F.Cl. The van der Waals surface area contributed by atoms with Gasteiger partial charge in [0.15, 0.2) is 0 Å². The van der Waals surface area contributed by atoms with Gasteiger partial charge in [-0.1, -0.05) is 6.92 Å². The van der Waals surface area contributed by atoms with Gasteiger partial charge >= 0.3 is 12.1 Å². The molecule has 0 amide bonds. The van der Waals surface area contributed by atoms with Crippen LogP contribution in [0.4, 0.5) is 22.0 Å². The summed E-state index contributed by atoms with van der Waals surface area (Å²) in [6.07, 6.45) is -5.95. The Morgan fingerprint density at radius 1 is 1.17 bits per heavy atom. The summed E-state index contributed by atoms with van der Waals surface area (Å²) < 4.78 is 58.5. The summed E-state index contributed by atoms with van der Waals surface area (Å²) in [5, 5.41) is 0. The Morgan fingerprint density at radius 2 is 1.50 bits per heavy atom. The quantitative estimate of drug-likeness (QED) is 0.700. The molecule has 1 atom stereocenters. The lowest BCUT2D eigenvalue weighted by atomic mass is 10.1. The van der Waals surface area contributed by atoms with Gasteiger partial charge < -0.3 is 5.73 Å². The Labute approximate surface area is 72.5 Å². The molecule has 0 aliphatic rings. The summed E-state index contributed by atoms with van der Waals surface area (Å²) in [6, 6.07) is -2.15. The van der Waals surface area contributed by atoms with Crippen LogP contribution >= 0.6 is 12.4 Å². The van der Waals surface area contributed by atoms with E-state index < -0.39 is 24.6 Å². The highest BCUT2D eigenvalue weighted by Gasteiger charge is 2.60. The molecule has 1 nitrogen and oxygen atoms in total. The highest BCUT2D eigenvalue weighted by atomic mass is 35.5. The maximum atomic E-state index is 12.1. The molecule has 0 bridgehead atoms. The molecule has 0 rings (SSSR count). The number of halogens is 6. The summed E-state index contributed by atoms with van der Waals surface area (Å²) >= 11 is 0. The van der Waals surface area contributed by atoms with Crippen LogP contribution in [0.5, 0.6) is 0 Å². The normalized spacial score (nSPS) is 15.2. The summed E-state index contributed by atoms with van der Waals surface area (Å²) in [4.78, 5) is 0. The maximum Gasteiger partial charge on any atom is 0.454 e. The fourth-order valence-corrected chi connectivity index (χ4v) is 0.467. The Morgan fingerprint density at radius 3 is 1.58 bits per heavy atom. The van der Waals surface area contributed by atoms with E-state index in [0.717, 1.165) is 0 Å². The molecule has 0 aliphatic carbocycles. The van der Waals surface area contributed by atoms with Gasteiger partial charge in [0.05, 0.1) is 6.04 Å². The highest BCUT2D eigenvalue weighted by molar-refractivity contribution is 5.85. The third-order valence-electron chi connectivity index (χ3n) is 1.28. The zero-order chi connectivity index (χ0) is 9.28. The van der Waals surface area contributed by atoms with Crippen LogP contribution in [-0.4, -0.2) is 18.1 Å². The molecule has 0 aliphatic heterocycles. The van der Waals surface area contributed by atoms with E-state index in [1.165, 1.54) is 6.92 Å². The molecule has 0 saturated carbocycles. The van der Waals surface area contributed by atoms with E-state index in [4.69, 9.17) is 0 Å². The van der Waals surface area contributed by atoms with Crippen molar-refractivity contribution < 1.29 is 22.0 Å². The van der Waals surface area contributed by atoms with Crippen molar-refractivity contribution in [1.82, 2.24) is 0 Å². The summed E-state index contributed by atoms with van der Waals surface area (Å²) in [6.45, 7) is 1.17. The first-order chi connectivity index (χ1) is 4.73. The Kier molecular flexibility index (Phi) is 5.08. The van der Waals surface area contributed by atoms with Crippen molar-refractivity contribution in [3.63, 3.8) is 0 Å². The maximum absolute atomic E-state index is 12.1. The topological polar surface area (TPSA) is 26.0 Å². The van der Waals surface area contributed by atoms with Crippen LogP contribution < -0.4 is 5.73 Å². The molecule has 76 valence electrons. The first-order valence-electron chi connectivity index (χ1n) is 2.93.